The quantitative estimate of drug-likeness (QED) is 0.829. The highest BCUT2D eigenvalue weighted by atomic mass is 15.2. The van der Waals surface area contributed by atoms with E-state index in [4.69, 9.17) is 5.73 Å². The lowest BCUT2D eigenvalue weighted by Crippen LogP contribution is -2.46. The first-order valence-corrected chi connectivity index (χ1v) is 8.03. The Balaban J connectivity index is 1.95. The molecule has 0 aromatic rings. The Bertz CT molecular complexity index is 254. The predicted octanol–water partition coefficient (Wildman–Crippen LogP) is 3.55. The highest BCUT2D eigenvalue weighted by molar-refractivity contribution is 4.92. The summed E-state index contributed by atoms with van der Waals surface area (Å²) >= 11 is 0. The molecule has 2 rings (SSSR count). The van der Waals surface area contributed by atoms with Crippen LogP contribution < -0.4 is 5.73 Å². The van der Waals surface area contributed by atoms with Crippen LogP contribution in [0, 0.1) is 5.41 Å². The monoisotopic (exact) mass is 252 g/mol. The molecule has 1 atom stereocenters. The van der Waals surface area contributed by atoms with Gasteiger partial charge in [0.05, 0.1) is 0 Å². The van der Waals surface area contributed by atoms with Crippen molar-refractivity contribution in [1.29, 1.82) is 0 Å². The smallest absolute Gasteiger partial charge is 0.0103 e. The van der Waals surface area contributed by atoms with Gasteiger partial charge in [-0.15, -0.1) is 0 Å². The van der Waals surface area contributed by atoms with Crippen molar-refractivity contribution in [2.24, 2.45) is 11.1 Å². The summed E-state index contributed by atoms with van der Waals surface area (Å²) in [7, 11) is 0. The fourth-order valence-electron chi connectivity index (χ4n) is 4.04. The molecule has 0 heterocycles. The minimum atomic E-state index is 0.477. The molecule has 0 radical (unpaired) electrons. The lowest BCUT2D eigenvalue weighted by molar-refractivity contribution is 0.0959. The molecule has 106 valence electrons. The molecule has 2 aliphatic carbocycles. The van der Waals surface area contributed by atoms with Gasteiger partial charge in [0.25, 0.3) is 0 Å². The second kappa shape index (κ2) is 5.92. The van der Waals surface area contributed by atoms with Gasteiger partial charge in [0.1, 0.15) is 0 Å². The van der Waals surface area contributed by atoms with E-state index in [0.29, 0.717) is 11.5 Å². The van der Waals surface area contributed by atoms with Crippen LogP contribution in [0.3, 0.4) is 0 Å². The molecule has 0 spiro atoms. The maximum atomic E-state index is 6.05. The van der Waals surface area contributed by atoms with Gasteiger partial charge in [-0.2, -0.15) is 0 Å². The fraction of sp³-hybridized carbons (Fsp3) is 1.00. The summed E-state index contributed by atoms with van der Waals surface area (Å²) in [6.07, 6.45) is 10.6. The molecule has 0 saturated heterocycles. The van der Waals surface area contributed by atoms with Crippen LogP contribution in [0.4, 0.5) is 0 Å². The third-order valence-electron chi connectivity index (χ3n) is 5.10. The van der Waals surface area contributed by atoms with Crippen molar-refractivity contribution in [3.63, 3.8) is 0 Å². The standard InChI is InChI=1S/C16H32N2/c1-4-11-18(14-7-5-13(17)6-8-14)15-9-10-16(2,3)12-15/h13-15H,4-12,17H2,1-3H3. The van der Waals surface area contributed by atoms with E-state index in [9.17, 15) is 0 Å². The van der Waals surface area contributed by atoms with Crippen LogP contribution in [0.15, 0.2) is 0 Å². The molecule has 2 nitrogen and oxygen atoms in total. The average Bonchev–Trinajstić information content (AvgIpc) is 2.68. The van der Waals surface area contributed by atoms with Gasteiger partial charge in [-0.3, -0.25) is 4.90 Å². The number of hydrogen-bond donors (Lipinski definition) is 1. The van der Waals surface area contributed by atoms with E-state index in [1.54, 1.807) is 0 Å². The van der Waals surface area contributed by atoms with Crippen molar-refractivity contribution in [3.8, 4) is 0 Å². The van der Waals surface area contributed by atoms with Gasteiger partial charge in [0, 0.05) is 18.1 Å². The molecular formula is C16H32N2. The molecule has 0 bridgehead atoms. The fourth-order valence-corrected chi connectivity index (χ4v) is 4.04. The van der Waals surface area contributed by atoms with Crippen molar-refractivity contribution in [2.45, 2.75) is 90.3 Å². The summed E-state index contributed by atoms with van der Waals surface area (Å²) in [5.41, 5.74) is 6.62. The van der Waals surface area contributed by atoms with Crippen molar-refractivity contribution < 1.29 is 0 Å². The lowest BCUT2D eigenvalue weighted by atomic mass is 9.88. The van der Waals surface area contributed by atoms with Crippen molar-refractivity contribution in [3.05, 3.63) is 0 Å². The molecular weight excluding hydrogens is 220 g/mol. The molecule has 2 fully saturated rings. The SMILES string of the molecule is CCCN(C1CCC(N)CC1)C1CCC(C)(C)C1. The molecule has 0 aliphatic heterocycles. The van der Waals surface area contributed by atoms with Crippen LogP contribution in [0.5, 0.6) is 0 Å². The number of rotatable bonds is 4. The van der Waals surface area contributed by atoms with Crippen LogP contribution >= 0.6 is 0 Å². The largest absolute Gasteiger partial charge is 0.328 e. The summed E-state index contributed by atoms with van der Waals surface area (Å²) < 4.78 is 0. The molecule has 0 aromatic carbocycles. The first-order chi connectivity index (χ1) is 8.52. The summed E-state index contributed by atoms with van der Waals surface area (Å²) in [5.74, 6) is 0. The molecule has 18 heavy (non-hydrogen) atoms. The van der Waals surface area contributed by atoms with E-state index < -0.39 is 0 Å². The highest BCUT2D eigenvalue weighted by Crippen LogP contribution is 2.41. The Labute approximate surface area is 113 Å². The van der Waals surface area contributed by atoms with Gasteiger partial charge in [0.15, 0.2) is 0 Å². The van der Waals surface area contributed by atoms with E-state index in [1.165, 1.54) is 57.9 Å². The molecule has 0 amide bonds. The Hall–Kier alpha value is -0.0800. The summed E-state index contributed by atoms with van der Waals surface area (Å²) in [5, 5.41) is 0. The first kappa shape index (κ1) is 14.3. The van der Waals surface area contributed by atoms with E-state index in [2.05, 4.69) is 25.7 Å². The number of hydrogen-bond acceptors (Lipinski definition) is 2. The Morgan fingerprint density at radius 3 is 2.22 bits per heavy atom. The van der Waals surface area contributed by atoms with Crippen LogP contribution in [0.2, 0.25) is 0 Å². The van der Waals surface area contributed by atoms with Crippen LogP contribution in [-0.2, 0) is 0 Å². The molecule has 2 heteroatoms. The zero-order valence-electron chi connectivity index (χ0n) is 12.6. The third kappa shape index (κ3) is 3.48. The molecule has 0 aromatic heterocycles. The molecule has 1 unspecified atom stereocenters. The maximum Gasteiger partial charge on any atom is 0.0103 e. The zero-order valence-corrected chi connectivity index (χ0v) is 12.6. The van der Waals surface area contributed by atoms with Gasteiger partial charge in [0.2, 0.25) is 0 Å². The van der Waals surface area contributed by atoms with Gasteiger partial charge >= 0.3 is 0 Å². The van der Waals surface area contributed by atoms with E-state index in [-0.39, 0.29) is 0 Å². The van der Waals surface area contributed by atoms with E-state index in [1.807, 2.05) is 0 Å². The van der Waals surface area contributed by atoms with E-state index in [0.717, 1.165) is 12.1 Å². The minimum absolute atomic E-state index is 0.477. The first-order valence-electron chi connectivity index (χ1n) is 8.03. The van der Waals surface area contributed by atoms with Crippen molar-refractivity contribution in [1.82, 2.24) is 4.90 Å². The van der Waals surface area contributed by atoms with Gasteiger partial charge in [-0.25, -0.2) is 0 Å². The average molecular weight is 252 g/mol. The third-order valence-corrected chi connectivity index (χ3v) is 5.10. The normalized spacial score (nSPS) is 36.2. The van der Waals surface area contributed by atoms with Crippen LogP contribution in [0.25, 0.3) is 0 Å². The van der Waals surface area contributed by atoms with E-state index >= 15 is 0 Å². The lowest BCUT2D eigenvalue weighted by Gasteiger charge is -2.40. The van der Waals surface area contributed by atoms with Crippen LogP contribution in [-0.4, -0.2) is 29.6 Å². The van der Waals surface area contributed by atoms with Crippen molar-refractivity contribution in [2.75, 3.05) is 6.54 Å². The van der Waals surface area contributed by atoms with Crippen LogP contribution in [0.1, 0.15) is 72.1 Å². The molecule has 2 saturated carbocycles. The second-order valence-corrected chi connectivity index (χ2v) is 7.37. The highest BCUT2D eigenvalue weighted by Gasteiger charge is 2.37. The summed E-state index contributed by atoms with van der Waals surface area (Å²) in [6.45, 7) is 8.49. The topological polar surface area (TPSA) is 29.3 Å². The Morgan fingerprint density at radius 2 is 1.72 bits per heavy atom. The Kier molecular flexibility index (Phi) is 4.71. The van der Waals surface area contributed by atoms with Crippen molar-refractivity contribution >= 4 is 0 Å². The van der Waals surface area contributed by atoms with Gasteiger partial charge in [-0.05, 0) is 63.3 Å². The summed E-state index contributed by atoms with van der Waals surface area (Å²) in [4.78, 5) is 2.85. The number of nitrogens with two attached hydrogens (primary N) is 1. The zero-order chi connectivity index (χ0) is 13.2. The molecule has 2 N–H and O–H groups in total. The summed E-state index contributed by atoms with van der Waals surface area (Å²) in [6, 6.07) is 2.15. The minimum Gasteiger partial charge on any atom is -0.328 e. The maximum absolute atomic E-state index is 6.05. The van der Waals surface area contributed by atoms with Gasteiger partial charge < -0.3 is 5.73 Å². The van der Waals surface area contributed by atoms with Gasteiger partial charge in [-0.1, -0.05) is 20.8 Å². The number of nitrogens with zero attached hydrogens (tertiary/aromatic N) is 1. The molecule has 2 aliphatic rings. The second-order valence-electron chi connectivity index (χ2n) is 7.37. The Morgan fingerprint density at radius 1 is 1.06 bits per heavy atom. The predicted molar refractivity (Wildman–Crippen MR) is 78.6 cm³/mol.